The van der Waals surface area contributed by atoms with Crippen molar-refractivity contribution < 1.29 is 27.5 Å². The Morgan fingerprint density at radius 3 is 1.89 bits per heavy atom. The van der Waals surface area contributed by atoms with Gasteiger partial charge in [0.25, 0.3) is 0 Å². The van der Waals surface area contributed by atoms with Gasteiger partial charge in [0, 0.05) is 17.1 Å². The van der Waals surface area contributed by atoms with Gasteiger partial charge in [-0.05, 0) is 36.4 Å². The lowest BCUT2D eigenvalue weighted by Gasteiger charge is -2.10. The van der Waals surface area contributed by atoms with Gasteiger partial charge in [0.2, 0.25) is 5.91 Å². The number of amides is 3. The molecule has 27 heavy (non-hydrogen) atoms. The molecule has 0 atom stereocenters. The maximum atomic E-state index is 11.9. The third-order valence-corrected chi connectivity index (χ3v) is 3.20. The number of ether oxygens (including phenoxy) is 1. The third kappa shape index (κ3) is 8.23. The van der Waals surface area contributed by atoms with E-state index in [0.717, 1.165) is 0 Å². The molecule has 0 aliphatic carbocycles. The topological polar surface area (TPSA) is 79.5 Å². The standard InChI is InChI=1S/C18H18F3N3O3/c19-18(20,21)12-27-11-10-16(25)22-14-6-8-15(9-7-14)24-17(26)23-13-4-2-1-3-5-13/h1-9H,10-12H2,(H,22,25)(H2,23,24,26). The second-order valence-corrected chi connectivity index (χ2v) is 5.49. The summed E-state index contributed by atoms with van der Waals surface area (Å²) in [4.78, 5) is 23.5. The molecule has 0 spiro atoms. The Kier molecular flexibility index (Phi) is 7.18. The normalized spacial score (nSPS) is 10.9. The zero-order valence-electron chi connectivity index (χ0n) is 14.2. The highest BCUT2D eigenvalue weighted by molar-refractivity contribution is 6.00. The van der Waals surface area contributed by atoms with Crippen molar-refractivity contribution in [2.75, 3.05) is 29.2 Å². The van der Waals surface area contributed by atoms with E-state index < -0.39 is 24.7 Å². The summed E-state index contributed by atoms with van der Waals surface area (Å²) in [6, 6.07) is 14.8. The van der Waals surface area contributed by atoms with Crippen LogP contribution in [-0.2, 0) is 9.53 Å². The zero-order valence-corrected chi connectivity index (χ0v) is 14.2. The molecule has 3 N–H and O–H groups in total. The average Bonchev–Trinajstić information content (AvgIpc) is 2.60. The molecule has 0 unspecified atom stereocenters. The highest BCUT2D eigenvalue weighted by atomic mass is 19.4. The first-order valence-electron chi connectivity index (χ1n) is 7.99. The molecule has 0 aliphatic heterocycles. The van der Waals surface area contributed by atoms with Crippen LogP contribution in [0, 0.1) is 0 Å². The number of hydrogen-bond acceptors (Lipinski definition) is 3. The number of anilines is 3. The molecule has 6 nitrogen and oxygen atoms in total. The first kappa shape index (κ1) is 20.2. The van der Waals surface area contributed by atoms with Gasteiger partial charge in [-0.25, -0.2) is 4.79 Å². The van der Waals surface area contributed by atoms with E-state index in [0.29, 0.717) is 17.1 Å². The molecule has 0 fully saturated rings. The molecule has 0 bridgehead atoms. The number of hydrogen-bond donors (Lipinski definition) is 3. The Morgan fingerprint density at radius 2 is 1.33 bits per heavy atom. The predicted octanol–water partition coefficient (Wildman–Crippen LogP) is 4.24. The number of alkyl halides is 3. The highest BCUT2D eigenvalue weighted by Gasteiger charge is 2.27. The largest absolute Gasteiger partial charge is 0.411 e. The summed E-state index contributed by atoms with van der Waals surface area (Å²) in [7, 11) is 0. The van der Waals surface area contributed by atoms with E-state index in [1.807, 2.05) is 6.07 Å². The molecule has 3 amide bonds. The highest BCUT2D eigenvalue weighted by Crippen LogP contribution is 2.16. The van der Waals surface area contributed by atoms with Gasteiger partial charge in [-0.3, -0.25) is 4.79 Å². The smallest absolute Gasteiger partial charge is 0.372 e. The monoisotopic (exact) mass is 381 g/mol. The lowest BCUT2D eigenvalue weighted by molar-refractivity contribution is -0.174. The molecule has 0 saturated carbocycles. The Morgan fingerprint density at radius 1 is 0.815 bits per heavy atom. The number of para-hydroxylation sites is 1. The minimum absolute atomic E-state index is 0.199. The van der Waals surface area contributed by atoms with Crippen LogP contribution in [0.5, 0.6) is 0 Å². The van der Waals surface area contributed by atoms with Gasteiger partial charge >= 0.3 is 12.2 Å². The van der Waals surface area contributed by atoms with Gasteiger partial charge in [-0.2, -0.15) is 13.2 Å². The lowest BCUT2D eigenvalue weighted by atomic mass is 10.2. The third-order valence-electron chi connectivity index (χ3n) is 3.20. The fraction of sp³-hybridized carbons (Fsp3) is 0.222. The Bertz CT molecular complexity index is 750. The predicted molar refractivity (Wildman–Crippen MR) is 95.6 cm³/mol. The van der Waals surface area contributed by atoms with Crippen LogP contribution in [0.25, 0.3) is 0 Å². The van der Waals surface area contributed by atoms with E-state index in [9.17, 15) is 22.8 Å². The van der Waals surface area contributed by atoms with Crippen LogP contribution in [0.2, 0.25) is 0 Å². The maximum Gasteiger partial charge on any atom is 0.411 e. The van der Waals surface area contributed by atoms with Crippen LogP contribution in [0.4, 0.5) is 35.0 Å². The fourth-order valence-electron chi connectivity index (χ4n) is 2.03. The molecular formula is C18H18F3N3O3. The van der Waals surface area contributed by atoms with Gasteiger partial charge in [0.05, 0.1) is 13.0 Å². The Hall–Kier alpha value is -3.07. The minimum atomic E-state index is -4.41. The lowest BCUT2D eigenvalue weighted by Crippen LogP contribution is -2.20. The van der Waals surface area contributed by atoms with E-state index in [-0.39, 0.29) is 13.0 Å². The molecule has 9 heteroatoms. The van der Waals surface area contributed by atoms with Crippen molar-refractivity contribution in [3.8, 4) is 0 Å². The number of rotatable bonds is 7. The number of carbonyl (C=O) groups is 2. The van der Waals surface area contributed by atoms with Crippen LogP contribution in [0.3, 0.4) is 0 Å². The number of urea groups is 1. The molecule has 0 aromatic heterocycles. The van der Waals surface area contributed by atoms with Crippen molar-refractivity contribution in [3.05, 3.63) is 54.6 Å². The molecule has 2 aromatic rings. The van der Waals surface area contributed by atoms with Crippen LogP contribution >= 0.6 is 0 Å². The second kappa shape index (κ2) is 9.58. The zero-order chi connectivity index (χ0) is 19.7. The van der Waals surface area contributed by atoms with Crippen molar-refractivity contribution in [2.24, 2.45) is 0 Å². The summed E-state index contributed by atoms with van der Waals surface area (Å²) < 4.78 is 40.1. The second-order valence-electron chi connectivity index (χ2n) is 5.49. The van der Waals surface area contributed by atoms with Crippen molar-refractivity contribution in [1.82, 2.24) is 0 Å². The quantitative estimate of drug-likeness (QED) is 0.628. The van der Waals surface area contributed by atoms with Crippen molar-refractivity contribution >= 4 is 29.0 Å². The Balaban J connectivity index is 1.74. The van der Waals surface area contributed by atoms with E-state index in [2.05, 4.69) is 20.7 Å². The summed E-state index contributed by atoms with van der Waals surface area (Å²) in [5.41, 5.74) is 1.60. The molecule has 0 aliphatic rings. The number of carbonyl (C=O) groups excluding carboxylic acids is 2. The van der Waals surface area contributed by atoms with Crippen molar-refractivity contribution in [1.29, 1.82) is 0 Å². The molecule has 2 rings (SSSR count). The summed E-state index contributed by atoms with van der Waals surface area (Å²) in [6.07, 6.45) is -4.61. The molecular weight excluding hydrogens is 363 g/mol. The molecule has 0 heterocycles. The maximum absolute atomic E-state index is 11.9. The van der Waals surface area contributed by atoms with Gasteiger partial charge < -0.3 is 20.7 Å². The SMILES string of the molecule is O=C(CCOCC(F)(F)F)Nc1ccc(NC(=O)Nc2ccccc2)cc1. The van der Waals surface area contributed by atoms with Crippen molar-refractivity contribution in [3.63, 3.8) is 0 Å². The van der Waals surface area contributed by atoms with Gasteiger partial charge in [-0.1, -0.05) is 18.2 Å². The molecule has 2 aromatic carbocycles. The van der Waals surface area contributed by atoms with Gasteiger partial charge in [0.1, 0.15) is 6.61 Å². The minimum Gasteiger partial charge on any atom is -0.372 e. The Labute approximate surface area is 153 Å². The first-order chi connectivity index (χ1) is 12.8. The summed E-state index contributed by atoms with van der Waals surface area (Å²) in [5.74, 6) is -0.472. The fourth-order valence-corrected chi connectivity index (χ4v) is 2.03. The number of halogens is 3. The average molecular weight is 381 g/mol. The summed E-state index contributed by atoms with van der Waals surface area (Å²) >= 11 is 0. The van der Waals surface area contributed by atoms with Crippen molar-refractivity contribution in [2.45, 2.75) is 12.6 Å². The van der Waals surface area contributed by atoms with Gasteiger partial charge in [0.15, 0.2) is 0 Å². The van der Waals surface area contributed by atoms with Crippen LogP contribution in [0.1, 0.15) is 6.42 Å². The first-order valence-corrected chi connectivity index (χ1v) is 7.99. The van der Waals surface area contributed by atoms with E-state index in [1.54, 1.807) is 48.5 Å². The number of benzene rings is 2. The van der Waals surface area contributed by atoms with E-state index >= 15 is 0 Å². The van der Waals surface area contributed by atoms with Crippen LogP contribution < -0.4 is 16.0 Å². The summed E-state index contributed by atoms with van der Waals surface area (Å²) in [6.45, 7) is -1.71. The van der Waals surface area contributed by atoms with E-state index in [1.165, 1.54) is 0 Å². The van der Waals surface area contributed by atoms with Crippen LogP contribution in [-0.4, -0.2) is 31.3 Å². The van der Waals surface area contributed by atoms with Crippen LogP contribution in [0.15, 0.2) is 54.6 Å². The number of nitrogens with one attached hydrogen (secondary N) is 3. The molecule has 0 radical (unpaired) electrons. The van der Waals surface area contributed by atoms with E-state index in [4.69, 9.17) is 0 Å². The summed E-state index contributed by atoms with van der Waals surface area (Å²) in [5, 5.41) is 7.83. The van der Waals surface area contributed by atoms with Gasteiger partial charge in [-0.15, -0.1) is 0 Å². The molecule has 144 valence electrons. The molecule has 0 saturated heterocycles.